The summed E-state index contributed by atoms with van der Waals surface area (Å²) in [5.74, 6) is 1.15. The maximum Gasteiger partial charge on any atom is 0.245 e. The molecule has 2 N–H and O–H groups in total. The Labute approximate surface area is 130 Å². The van der Waals surface area contributed by atoms with Crippen LogP contribution in [0.4, 0.5) is 10.3 Å². The van der Waals surface area contributed by atoms with E-state index in [2.05, 4.69) is 48.0 Å². The molecule has 1 aromatic heterocycles. The van der Waals surface area contributed by atoms with Gasteiger partial charge in [0.2, 0.25) is 5.95 Å². The van der Waals surface area contributed by atoms with Gasteiger partial charge in [-0.15, -0.1) is 5.10 Å². The van der Waals surface area contributed by atoms with Crippen LogP contribution in [0.15, 0.2) is 18.2 Å². The monoisotopic (exact) mass is 387 g/mol. The van der Waals surface area contributed by atoms with E-state index in [9.17, 15) is 4.39 Å². The number of hydrogen-bond donors (Lipinski definition) is 2. The summed E-state index contributed by atoms with van der Waals surface area (Å²) >= 11 is 2.11. The molecule has 0 saturated carbocycles. The van der Waals surface area contributed by atoms with Gasteiger partial charge < -0.3 is 10.2 Å². The number of anilines is 1. The molecule has 3 rings (SSSR count). The summed E-state index contributed by atoms with van der Waals surface area (Å²) in [4.78, 5) is 6.70. The van der Waals surface area contributed by atoms with E-state index in [0.29, 0.717) is 11.8 Å². The molecule has 0 amide bonds. The zero-order valence-corrected chi connectivity index (χ0v) is 13.0. The Balaban J connectivity index is 1.85. The molecule has 106 valence electrons. The van der Waals surface area contributed by atoms with Gasteiger partial charge in [0.15, 0.2) is 5.82 Å². The van der Waals surface area contributed by atoms with Gasteiger partial charge >= 0.3 is 0 Å². The van der Waals surface area contributed by atoms with E-state index < -0.39 is 0 Å². The van der Waals surface area contributed by atoms with Crippen molar-refractivity contribution in [2.75, 3.05) is 31.1 Å². The van der Waals surface area contributed by atoms with Gasteiger partial charge in [-0.1, -0.05) is 0 Å². The molecular weight excluding hydrogens is 372 g/mol. The Morgan fingerprint density at radius 2 is 2.15 bits per heavy atom. The number of aromatic nitrogens is 3. The first kappa shape index (κ1) is 13.7. The van der Waals surface area contributed by atoms with E-state index in [4.69, 9.17) is 0 Å². The quantitative estimate of drug-likeness (QED) is 0.775. The number of H-pyrrole nitrogens is 1. The summed E-state index contributed by atoms with van der Waals surface area (Å²) in [5, 5.41) is 10.6. The van der Waals surface area contributed by atoms with Crippen molar-refractivity contribution in [1.29, 1.82) is 0 Å². The lowest BCUT2D eigenvalue weighted by Gasteiger charge is -2.16. The molecule has 0 unspecified atom stereocenters. The van der Waals surface area contributed by atoms with E-state index in [0.717, 1.165) is 41.7 Å². The molecule has 5 nitrogen and oxygen atoms in total. The second kappa shape index (κ2) is 6.04. The van der Waals surface area contributed by atoms with E-state index in [-0.39, 0.29) is 5.82 Å². The number of nitrogens with zero attached hydrogens (tertiary/aromatic N) is 3. The van der Waals surface area contributed by atoms with Crippen LogP contribution in [0.3, 0.4) is 0 Å². The number of rotatable bonds is 2. The van der Waals surface area contributed by atoms with E-state index in [1.54, 1.807) is 6.07 Å². The predicted molar refractivity (Wildman–Crippen MR) is 84.2 cm³/mol. The van der Waals surface area contributed by atoms with Crippen LogP contribution >= 0.6 is 22.6 Å². The molecule has 0 radical (unpaired) electrons. The van der Waals surface area contributed by atoms with Gasteiger partial charge in [-0.3, -0.25) is 5.10 Å². The standard InChI is InChI=1S/C13H15FIN5/c14-9-2-3-10(11(15)8-9)12-17-13(19-18-12)20-6-1-4-16-5-7-20/h2-3,8,16H,1,4-7H2,(H,17,18,19). The first-order valence-electron chi connectivity index (χ1n) is 6.57. The lowest BCUT2D eigenvalue weighted by Crippen LogP contribution is -2.28. The molecular formula is C13H15FIN5. The fourth-order valence-corrected chi connectivity index (χ4v) is 2.97. The lowest BCUT2D eigenvalue weighted by atomic mass is 10.2. The van der Waals surface area contributed by atoms with Crippen molar-refractivity contribution >= 4 is 28.5 Å². The SMILES string of the molecule is Fc1ccc(-c2nc(N3CCCNCC3)n[nH]2)c(I)c1. The third-order valence-corrected chi connectivity index (χ3v) is 4.18. The summed E-state index contributed by atoms with van der Waals surface area (Å²) < 4.78 is 14.0. The van der Waals surface area contributed by atoms with Gasteiger partial charge in [0.25, 0.3) is 0 Å². The van der Waals surface area contributed by atoms with Crippen LogP contribution in [0.5, 0.6) is 0 Å². The first-order chi connectivity index (χ1) is 9.74. The van der Waals surface area contributed by atoms with Gasteiger partial charge in [0.05, 0.1) is 0 Å². The van der Waals surface area contributed by atoms with Crippen LogP contribution in [0.1, 0.15) is 6.42 Å². The van der Waals surface area contributed by atoms with Crippen molar-refractivity contribution in [2.45, 2.75) is 6.42 Å². The summed E-state index contributed by atoms with van der Waals surface area (Å²) in [6.45, 7) is 3.82. The molecule has 0 aliphatic carbocycles. The molecule has 20 heavy (non-hydrogen) atoms. The lowest BCUT2D eigenvalue weighted by molar-refractivity contribution is 0.627. The van der Waals surface area contributed by atoms with Crippen LogP contribution in [0.2, 0.25) is 0 Å². The highest BCUT2D eigenvalue weighted by molar-refractivity contribution is 14.1. The Morgan fingerprint density at radius 3 is 3.00 bits per heavy atom. The summed E-state index contributed by atoms with van der Waals surface area (Å²) in [5.41, 5.74) is 0.874. The Morgan fingerprint density at radius 1 is 1.25 bits per heavy atom. The average Bonchev–Trinajstić information content (AvgIpc) is 2.74. The molecule has 0 atom stereocenters. The Kier molecular flexibility index (Phi) is 4.16. The van der Waals surface area contributed by atoms with Crippen LogP contribution in [-0.4, -0.2) is 41.4 Å². The van der Waals surface area contributed by atoms with Crippen molar-refractivity contribution < 1.29 is 4.39 Å². The zero-order chi connectivity index (χ0) is 13.9. The maximum atomic E-state index is 13.1. The molecule has 1 aromatic carbocycles. The zero-order valence-electron chi connectivity index (χ0n) is 10.9. The van der Waals surface area contributed by atoms with E-state index in [1.165, 1.54) is 12.1 Å². The largest absolute Gasteiger partial charge is 0.338 e. The number of hydrogen-bond acceptors (Lipinski definition) is 4. The molecule has 2 heterocycles. The second-order valence-electron chi connectivity index (χ2n) is 4.70. The predicted octanol–water partition coefficient (Wildman–Crippen LogP) is 2.02. The van der Waals surface area contributed by atoms with Gasteiger partial charge in [0, 0.05) is 28.8 Å². The second-order valence-corrected chi connectivity index (χ2v) is 5.86. The fraction of sp³-hybridized carbons (Fsp3) is 0.385. The molecule has 7 heteroatoms. The van der Waals surface area contributed by atoms with Crippen molar-refractivity contribution in [3.8, 4) is 11.4 Å². The minimum absolute atomic E-state index is 0.239. The van der Waals surface area contributed by atoms with E-state index in [1.807, 2.05) is 0 Å². The summed E-state index contributed by atoms with van der Waals surface area (Å²) in [6.07, 6.45) is 1.08. The Bertz CT molecular complexity index is 592. The van der Waals surface area contributed by atoms with E-state index >= 15 is 0 Å². The van der Waals surface area contributed by atoms with Crippen molar-refractivity contribution in [2.24, 2.45) is 0 Å². The number of benzene rings is 1. The normalized spacial score (nSPS) is 16.2. The number of nitrogens with one attached hydrogen (secondary N) is 2. The highest BCUT2D eigenvalue weighted by atomic mass is 127. The summed E-state index contributed by atoms with van der Waals surface area (Å²) in [6, 6.07) is 4.66. The fourth-order valence-electron chi connectivity index (χ4n) is 2.24. The third-order valence-electron chi connectivity index (χ3n) is 3.28. The molecule has 0 spiro atoms. The molecule has 1 saturated heterocycles. The van der Waals surface area contributed by atoms with Gasteiger partial charge in [0.1, 0.15) is 5.82 Å². The number of aromatic amines is 1. The smallest absolute Gasteiger partial charge is 0.245 e. The van der Waals surface area contributed by atoms with Crippen LogP contribution < -0.4 is 10.2 Å². The Hall–Kier alpha value is -1.22. The van der Waals surface area contributed by atoms with Gasteiger partial charge in [-0.05, 0) is 53.8 Å². The van der Waals surface area contributed by atoms with Crippen LogP contribution in [-0.2, 0) is 0 Å². The maximum absolute atomic E-state index is 13.1. The minimum Gasteiger partial charge on any atom is -0.338 e. The molecule has 1 aliphatic heterocycles. The number of halogens is 2. The highest BCUT2D eigenvalue weighted by Crippen LogP contribution is 2.24. The van der Waals surface area contributed by atoms with Crippen molar-refractivity contribution in [3.63, 3.8) is 0 Å². The first-order valence-corrected chi connectivity index (χ1v) is 7.65. The van der Waals surface area contributed by atoms with Crippen molar-refractivity contribution in [3.05, 3.63) is 27.6 Å². The average molecular weight is 387 g/mol. The highest BCUT2D eigenvalue weighted by Gasteiger charge is 2.16. The minimum atomic E-state index is -0.239. The van der Waals surface area contributed by atoms with Crippen LogP contribution in [0, 0.1) is 9.39 Å². The molecule has 0 bridgehead atoms. The van der Waals surface area contributed by atoms with Gasteiger partial charge in [-0.25, -0.2) is 4.39 Å². The van der Waals surface area contributed by atoms with Crippen LogP contribution in [0.25, 0.3) is 11.4 Å². The van der Waals surface area contributed by atoms with Crippen molar-refractivity contribution in [1.82, 2.24) is 20.5 Å². The molecule has 1 fully saturated rings. The van der Waals surface area contributed by atoms with Gasteiger partial charge in [-0.2, -0.15) is 4.98 Å². The summed E-state index contributed by atoms with van der Waals surface area (Å²) in [7, 11) is 0. The topological polar surface area (TPSA) is 56.8 Å². The third kappa shape index (κ3) is 2.93. The molecule has 2 aromatic rings. The molecule has 1 aliphatic rings.